The molecule has 1 atom stereocenters. The number of hydrogen-bond acceptors (Lipinski definition) is 3. The van der Waals surface area contributed by atoms with Crippen LogP contribution in [-0.4, -0.2) is 53.4 Å². The zero-order valence-electron chi connectivity index (χ0n) is 12.5. The zero-order valence-corrected chi connectivity index (χ0v) is 14.8. The molecule has 1 N–H and O–H groups in total. The first-order valence-electron chi connectivity index (χ1n) is 6.81. The van der Waals surface area contributed by atoms with Gasteiger partial charge in [-0.15, -0.1) is 30.4 Å². The highest BCUT2D eigenvalue weighted by Gasteiger charge is 2.24. The average Bonchev–Trinajstić information content (AvgIpc) is 2.90. The predicted molar refractivity (Wildman–Crippen MR) is 93.7 cm³/mol. The van der Waals surface area contributed by atoms with E-state index in [9.17, 15) is 0 Å². The maximum Gasteiger partial charge on any atom is 0.195 e. The van der Waals surface area contributed by atoms with Crippen LogP contribution >= 0.6 is 24.0 Å². The summed E-state index contributed by atoms with van der Waals surface area (Å²) >= 11 is 0. The van der Waals surface area contributed by atoms with Crippen molar-refractivity contribution in [2.45, 2.75) is 13.0 Å². The van der Waals surface area contributed by atoms with Crippen molar-refractivity contribution < 1.29 is 4.74 Å². The van der Waals surface area contributed by atoms with Crippen molar-refractivity contribution in [1.29, 1.82) is 0 Å². The predicted octanol–water partition coefficient (Wildman–Crippen LogP) is 1.01. The molecular formula is C14H22IN5O. The lowest BCUT2D eigenvalue weighted by molar-refractivity contribution is -0.00801. The lowest BCUT2D eigenvalue weighted by Gasteiger charge is -2.34. The van der Waals surface area contributed by atoms with E-state index in [-0.39, 0.29) is 30.1 Å². The van der Waals surface area contributed by atoms with Crippen molar-refractivity contribution in [3.05, 3.63) is 18.0 Å². The van der Waals surface area contributed by atoms with Gasteiger partial charge in [0, 0.05) is 31.9 Å². The molecule has 1 saturated heterocycles. The van der Waals surface area contributed by atoms with Crippen LogP contribution in [0.1, 0.15) is 18.6 Å². The van der Waals surface area contributed by atoms with Crippen molar-refractivity contribution in [2.75, 3.05) is 32.8 Å². The summed E-state index contributed by atoms with van der Waals surface area (Å²) in [6, 6.07) is 0. The molecule has 21 heavy (non-hydrogen) atoms. The fraction of sp³-hybridized carbons (Fsp3) is 0.571. The van der Waals surface area contributed by atoms with E-state index in [1.807, 2.05) is 26.4 Å². The minimum atomic E-state index is 0. The molecule has 0 spiro atoms. The van der Waals surface area contributed by atoms with Crippen LogP contribution in [0.2, 0.25) is 0 Å². The normalized spacial score (nSPS) is 18.8. The second kappa shape index (κ2) is 8.89. The van der Waals surface area contributed by atoms with Crippen molar-refractivity contribution in [2.24, 2.45) is 12.0 Å². The summed E-state index contributed by atoms with van der Waals surface area (Å²) in [7, 11) is 1.91. The Morgan fingerprint density at radius 2 is 2.48 bits per heavy atom. The Morgan fingerprint density at radius 1 is 1.67 bits per heavy atom. The van der Waals surface area contributed by atoms with E-state index in [0.29, 0.717) is 13.2 Å². The van der Waals surface area contributed by atoms with E-state index in [0.717, 1.165) is 31.2 Å². The molecule has 1 aromatic rings. The van der Waals surface area contributed by atoms with Gasteiger partial charge in [-0.3, -0.25) is 4.68 Å². The van der Waals surface area contributed by atoms with Crippen LogP contribution in [0, 0.1) is 12.3 Å². The van der Waals surface area contributed by atoms with Crippen LogP contribution < -0.4 is 5.32 Å². The molecule has 0 aromatic carbocycles. The van der Waals surface area contributed by atoms with E-state index in [4.69, 9.17) is 11.2 Å². The van der Waals surface area contributed by atoms with Gasteiger partial charge in [0.05, 0.1) is 19.3 Å². The Labute approximate surface area is 143 Å². The number of nitrogens with zero attached hydrogens (tertiary/aromatic N) is 4. The van der Waals surface area contributed by atoms with Crippen LogP contribution in [0.4, 0.5) is 0 Å². The molecule has 0 amide bonds. The molecule has 0 bridgehead atoms. The summed E-state index contributed by atoms with van der Waals surface area (Å²) in [6.07, 6.45) is 9.14. The van der Waals surface area contributed by atoms with Gasteiger partial charge in [-0.2, -0.15) is 5.10 Å². The fourth-order valence-electron chi connectivity index (χ4n) is 2.20. The lowest BCUT2D eigenvalue weighted by Crippen LogP contribution is -2.48. The third kappa shape index (κ3) is 4.89. The van der Waals surface area contributed by atoms with Crippen LogP contribution in [0.15, 0.2) is 17.4 Å². The fourth-order valence-corrected chi connectivity index (χ4v) is 2.20. The van der Waals surface area contributed by atoms with Gasteiger partial charge in [0.25, 0.3) is 0 Å². The van der Waals surface area contributed by atoms with Gasteiger partial charge in [-0.05, 0) is 6.92 Å². The topological polar surface area (TPSA) is 54.7 Å². The number of guanidine groups is 1. The molecule has 6 nitrogen and oxygen atoms in total. The minimum Gasteiger partial charge on any atom is -0.370 e. The molecule has 1 fully saturated rings. The molecule has 0 aliphatic carbocycles. The summed E-state index contributed by atoms with van der Waals surface area (Å²) < 4.78 is 7.61. The molecule has 1 aliphatic heterocycles. The molecule has 7 heteroatoms. The number of morpholine rings is 1. The lowest BCUT2D eigenvalue weighted by atomic mass is 10.1. The van der Waals surface area contributed by atoms with Crippen LogP contribution in [0.3, 0.4) is 0 Å². The number of ether oxygens (including phenoxy) is 1. The molecule has 2 heterocycles. The average molecular weight is 403 g/mol. The number of aliphatic imine (C=N–C) groups is 1. The Morgan fingerprint density at radius 3 is 3.10 bits per heavy atom. The Kier molecular flexibility index (Phi) is 7.53. The quantitative estimate of drug-likeness (QED) is 0.354. The second-order valence-electron chi connectivity index (χ2n) is 4.63. The second-order valence-corrected chi connectivity index (χ2v) is 4.63. The number of aromatic nitrogens is 2. The van der Waals surface area contributed by atoms with E-state index in [2.05, 4.69) is 26.2 Å². The highest BCUT2D eigenvalue weighted by molar-refractivity contribution is 14.0. The van der Waals surface area contributed by atoms with E-state index >= 15 is 0 Å². The standard InChI is InChI=1S/C14H21N5O.HI/c1-4-6-16-14(15-5-2)19-7-8-20-13(11-19)12-9-17-18(3)10-12;/h1,9-10,13H,5-8,11H2,2-3H3,(H,15,16);1H. The van der Waals surface area contributed by atoms with Crippen LogP contribution in [0.25, 0.3) is 0 Å². The Balaban J connectivity index is 0.00000220. The highest BCUT2D eigenvalue weighted by Crippen LogP contribution is 2.21. The van der Waals surface area contributed by atoms with Crippen molar-refractivity contribution in [3.8, 4) is 12.3 Å². The van der Waals surface area contributed by atoms with Crippen LogP contribution in [0.5, 0.6) is 0 Å². The van der Waals surface area contributed by atoms with Gasteiger partial charge < -0.3 is 15.0 Å². The molecule has 2 rings (SSSR count). The summed E-state index contributed by atoms with van der Waals surface area (Å²) in [5, 5.41) is 7.46. The van der Waals surface area contributed by atoms with Gasteiger partial charge in [0.15, 0.2) is 5.96 Å². The molecular weight excluding hydrogens is 381 g/mol. The van der Waals surface area contributed by atoms with Gasteiger partial charge in [0.1, 0.15) is 12.6 Å². The van der Waals surface area contributed by atoms with E-state index < -0.39 is 0 Å². The van der Waals surface area contributed by atoms with Crippen molar-refractivity contribution in [3.63, 3.8) is 0 Å². The number of nitrogens with one attached hydrogen (secondary N) is 1. The smallest absolute Gasteiger partial charge is 0.195 e. The number of rotatable bonds is 3. The first-order valence-corrected chi connectivity index (χ1v) is 6.81. The van der Waals surface area contributed by atoms with Crippen LogP contribution in [-0.2, 0) is 11.8 Å². The molecule has 1 aromatic heterocycles. The Hall–Kier alpha value is -1.27. The molecule has 0 radical (unpaired) electrons. The van der Waals surface area contributed by atoms with Gasteiger partial charge >= 0.3 is 0 Å². The number of aryl methyl sites for hydroxylation is 1. The summed E-state index contributed by atoms with van der Waals surface area (Å²) in [6.45, 7) is 5.48. The number of hydrogen-bond donors (Lipinski definition) is 1. The van der Waals surface area contributed by atoms with Crippen molar-refractivity contribution in [1.82, 2.24) is 20.0 Å². The third-order valence-corrected chi connectivity index (χ3v) is 3.12. The molecule has 1 aliphatic rings. The molecule has 1 unspecified atom stereocenters. The van der Waals surface area contributed by atoms with E-state index in [1.54, 1.807) is 4.68 Å². The molecule has 116 valence electrons. The van der Waals surface area contributed by atoms with Crippen molar-refractivity contribution >= 4 is 29.9 Å². The van der Waals surface area contributed by atoms with Gasteiger partial charge in [-0.25, -0.2) is 4.99 Å². The maximum atomic E-state index is 5.82. The van der Waals surface area contributed by atoms with Gasteiger partial charge in [0.2, 0.25) is 0 Å². The zero-order chi connectivity index (χ0) is 14.4. The first kappa shape index (κ1) is 17.8. The third-order valence-electron chi connectivity index (χ3n) is 3.12. The van der Waals surface area contributed by atoms with E-state index in [1.165, 1.54) is 0 Å². The number of terminal acetylenes is 1. The maximum absolute atomic E-state index is 5.82. The molecule has 0 saturated carbocycles. The highest BCUT2D eigenvalue weighted by atomic mass is 127. The summed E-state index contributed by atoms with van der Waals surface area (Å²) in [5.41, 5.74) is 1.09. The Bertz CT molecular complexity index is 508. The van der Waals surface area contributed by atoms with Gasteiger partial charge in [-0.1, -0.05) is 5.92 Å². The SMILES string of the molecule is C#CCN=C(NCC)N1CCOC(c2cnn(C)c2)C1.I. The summed E-state index contributed by atoms with van der Waals surface area (Å²) in [4.78, 5) is 6.59. The first-order chi connectivity index (χ1) is 9.74. The monoisotopic (exact) mass is 403 g/mol. The largest absolute Gasteiger partial charge is 0.370 e. The number of halogens is 1. The minimum absolute atomic E-state index is 0. The summed E-state index contributed by atoms with van der Waals surface area (Å²) in [5.74, 6) is 3.39.